The van der Waals surface area contributed by atoms with E-state index in [-0.39, 0.29) is 0 Å². The third-order valence-electron chi connectivity index (χ3n) is 2.22. The summed E-state index contributed by atoms with van der Waals surface area (Å²) in [6, 6.07) is 20.0. The quantitative estimate of drug-likeness (QED) is 0.543. The van der Waals surface area contributed by atoms with Crippen LogP contribution < -0.4 is 0 Å². The summed E-state index contributed by atoms with van der Waals surface area (Å²) in [5.41, 5.74) is 2.14. The van der Waals surface area contributed by atoms with E-state index >= 15 is 0 Å². The molecule has 0 spiro atoms. The summed E-state index contributed by atoms with van der Waals surface area (Å²) in [7, 11) is 0. The highest BCUT2D eigenvalue weighted by Gasteiger charge is 1.82. The highest BCUT2D eigenvalue weighted by atomic mass is 14.7. The maximum atomic E-state index is 4.26. The van der Waals surface area contributed by atoms with Crippen LogP contribution in [0.3, 0.4) is 0 Å². The molecule has 0 aliphatic rings. The molecule has 0 saturated carbocycles. The normalized spacial score (nSPS) is 9.88. The zero-order valence-electron chi connectivity index (χ0n) is 9.51. The molecule has 0 bridgehead atoms. The van der Waals surface area contributed by atoms with Gasteiger partial charge < -0.3 is 0 Å². The summed E-state index contributed by atoms with van der Waals surface area (Å²) < 4.78 is 0. The largest absolute Gasteiger partial charge is 0.280 e. The van der Waals surface area contributed by atoms with Crippen molar-refractivity contribution in [1.82, 2.24) is 0 Å². The highest BCUT2D eigenvalue weighted by Crippen LogP contribution is 1.95. The fourth-order valence-corrected chi connectivity index (χ4v) is 1.40. The first-order valence-electron chi connectivity index (χ1n) is 5.54. The van der Waals surface area contributed by atoms with Gasteiger partial charge in [0, 0.05) is 11.8 Å². The molecule has 2 aromatic rings. The molecule has 0 unspecified atom stereocenters. The van der Waals surface area contributed by atoms with E-state index in [0.29, 0.717) is 6.54 Å². The third-order valence-corrected chi connectivity index (χ3v) is 2.22. The van der Waals surface area contributed by atoms with E-state index in [1.807, 2.05) is 66.9 Å². The van der Waals surface area contributed by atoms with Crippen LogP contribution in [0.4, 0.5) is 0 Å². The van der Waals surface area contributed by atoms with E-state index in [4.69, 9.17) is 0 Å². The van der Waals surface area contributed by atoms with Crippen molar-refractivity contribution < 1.29 is 0 Å². The molecule has 1 nitrogen and oxygen atoms in total. The van der Waals surface area contributed by atoms with Gasteiger partial charge in [-0.25, -0.2) is 0 Å². The first-order chi connectivity index (χ1) is 8.45. The zero-order chi connectivity index (χ0) is 11.8. The van der Waals surface area contributed by atoms with Crippen molar-refractivity contribution in [3.63, 3.8) is 0 Å². The smallest absolute Gasteiger partial charge is 0.100 e. The van der Waals surface area contributed by atoms with Gasteiger partial charge in [0.2, 0.25) is 0 Å². The molecular formula is C16H13N. The zero-order valence-corrected chi connectivity index (χ0v) is 9.51. The monoisotopic (exact) mass is 219 g/mol. The lowest BCUT2D eigenvalue weighted by Gasteiger charge is -1.89. The number of hydrogen-bond acceptors (Lipinski definition) is 1. The van der Waals surface area contributed by atoms with Crippen molar-refractivity contribution in [2.45, 2.75) is 0 Å². The maximum absolute atomic E-state index is 4.26. The molecule has 0 atom stereocenters. The van der Waals surface area contributed by atoms with E-state index in [2.05, 4.69) is 16.8 Å². The Hall–Kier alpha value is -2.33. The Bertz CT molecular complexity index is 530. The molecule has 0 aliphatic heterocycles. The number of rotatable bonds is 2. The molecular weight excluding hydrogens is 206 g/mol. The average molecular weight is 219 g/mol. The summed E-state index contributed by atoms with van der Waals surface area (Å²) in [5, 5.41) is 0. The van der Waals surface area contributed by atoms with Gasteiger partial charge in [-0.05, 0) is 17.7 Å². The summed E-state index contributed by atoms with van der Waals surface area (Å²) in [6.07, 6.45) is 1.85. The van der Waals surface area contributed by atoms with Gasteiger partial charge in [0.05, 0.1) is 0 Å². The highest BCUT2D eigenvalue weighted by molar-refractivity contribution is 5.79. The lowest BCUT2D eigenvalue weighted by molar-refractivity contribution is 1.30. The van der Waals surface area contributed by atoms with Crippen LogP contribution in [0.15, 0.2) is 65.7 Å². The van der Waals surface area contributed by atoms with Gasteiger partial charge in [0.1, 0.15) is 6.54 Å². The molecule has 1 heteroatoms. The molecule has 0 fully saturated rings. The lowest BCUT2D eigenvalue weighted by Crippen LogP contribution is -1.81. The maximum Gasteiger partial charge on any atom is 0.100 e. The molecule has 0 N–H and O–H groups in total. The van der Waals surface area contributed by atoms with Crippen LogP contribution in [0, 0.1) is 11.8 Å². The predicted molar refractivity (Wildman–Crippen MR) is 72.2 cm³/mol. The van der Waals surface area contributed by atoms with E-state index in [1.54, 1.807) is 0 Å². The number of nitrogens with zero attached hydrogens (tertiary/aromatic N) is 1. The molecule has 2 rings (SSSR count). The second-order valence-corrected chi connectivity index (χ2v) is 3.55. The van der Waals surface area contributed by atoms with Gasteiger partial charge in [0.15, 0.2) is 0 Å². The summed E-state index contributed by atoms with van der Waals surface area (Å²) in [4.78, 5) is 4.26. The molecule has 17 heavy (non-hydrogen) atoms. The Balaban J connectivity index is 1.88. The van der Waals surface area contributed by atoms with Crippen LogP contribution >= 0.6 is 0 Å². The van der Waals surface area contributed by atoms with Crippen LogP contribution in [0.25, 0.3) is 0 Å². The second kappa shape index (κ2) is 6.30. The van der Waals surface area contributed by atoms with Crippen molar-refractivity contribution in [2.24, 2.45) is 4.99 Å². The molecule has 0 radical (unpaired) electrons. The number of benzene rings is 2. The molecule has 0 heterocycles. The summed E-state index contributed by atoms with van der Waals surface area (Å²) in [6.45, 7) is 0.532. The Morgan fingerprint density at radius 2 is 1.53 bits per heavy atom. The van der Waals surface area contributed by atoms with Gasteiger partial charge in [-0.1, -0.05) is 60.4 Å². The minimum absolute atomic E-state index is 0.532. The molecule has 0 aliphatic carbocycles. The van der Waals surface area contributed by atoms with Gasteiger partial charge in [0.25, 0.3) is 0 Å². The lowest BCUT2D eigenvalue weighted by atomic mass is 10.2. The van der Waals surface area contributed by atoms with Gasteiger partial charge >= 0.3 is 0 Å². The molecule has 0 saturated heterocycles. The first kappa shape index (κ1) is 11.2. The van der Waals surface area contributed by atoms with Gasteiger partial charge in [-0.3, -0.25) is 4.99 Å². The fourth-order valence-electron chi connectivity index (χ4n) is 1.40. The van der Waals surface area contributed by atoms with E-state index in [9.17, 15) is 0 Å². The van der Waals surface area contributed by atoms with E-state index in [0.717, 1.165) is 11.1 Å². The SMILES string of the molecule is C(#Cc1ccccc1)C/N=C/c1ccccc1. The Kier molecular flexibility index (Phi) is 4.13. The Morgan fingerprint density at radius 1 is 0.882 bits per heavy atom. The van der Waals surface area contributed by atoms with E-state index in [1.165, 1.54) is 0 Å². The standard InChI is InChI=1S/C16H13N/c1-3-8-15(9-4-1)12-7-13-17-14-16-10-5-2-6-11-16/h1-6,8-11,14H,13H2/b17-14+. The van der Waals surface area contributed by atoms with Crippen LogP contribution in [0.1, 0.15) is 11.1 Å². The summed E-state index contributed by atoms with van der Waals surface area (Å²) in [5.74, 6) is 6.09. The molecule has 0 aromatic heterocycles. The Morgan fingerprint density at radius 3 is 2.24 bits per heavy atom. The van der Waals surface area contributed by atoms with Crippen molar-refractivity contribution >= 4 is 6.21 Å². The van der Waals surface area contributed by atoms with Crippen molar-refractivity contribution in [2.75, 3.05) is 6.54 Å². The van der Waals surface area contributed by atoms with Crippen LogP contribution in [0.2, 0.25) is 0 Å². The molecule has 0 amide bonds. The average Bonchev–Trinajstić information content (AvgIpc) is 2.41. The van der Waals surface area contributed by atoms with E-state index < -0.39 is 0 Å². The van der Waals surface area contributed by atoms with Crippen LogP contribution in [0.5, 0.6) is 0 Å². The fraction of sp³-hybridized carbons (Fsp3) is 0.0625. The molecule has 82 valence electrons. The molecule has 2 aromatic carbocycles. The topological polar surface area (TPSA) is 12.4 Å². The van der Waals surface area contributed by atoms with Crippen LogP contribution in [-0.2, 0) is 0 Å². The first-order valence-corrected chi connectivity index (χ1v) is 5.54. The van der Waals surface area contributed by atoms with Gasteiger partial charge in [-0.15, -0.1) is 0 Å². The minimum atomic E-state index is 0.532. The van der Waals surface area contributed by atoms with Crippen molar-refractivity contribution in [3.8, 4) is 11.8 Å². The number of hydrogen-bond donors (Lipinski definition) is 0. The number of aliphatic imine (C=N–C) groups is 1. The van der Waals surface area contributed by atoms with Crippen LogP contribution in [-0.4, -0.2) is 12.8 Å². The Labute approximate surface area is 102 Å². The second-order valence-electron chi connectivity index (χ2n) is 3.55. The van der Waals surface area contributed by atoms with Crippen molar-refractivity contribution in [3.05, 3.63) is 71.8 Å². The predicted octanol–water partition coefficient (Wildman–Crippen LogP) is 3.16. The third kappa shape index (κ3) is 3.96. The van der Waals surface area contributed by atoms with Gasteiger partial charge in [-0.2, -0.15) is 0 Å². The summed E-state index contributed by atoms with van der Waals surface area (Å²) >= 11 is 0. The minimum Gasteiger partial charge on any atom is -0.280 e. The van der Waals surface area contributed by atoms with Crippen molar-refractivity contribution in [1.29, 1.82) is 0 Å².